The Morgan fingerprint density at radius 3 is 2.14 bits per heavy atom. The summed E-state index contributed by atoms with van der Waals surface area (Å²) in [5, 5.41) is 0. The van der Waals surface area contributed by atoms with E-state index in [-0.39, 0.29) is 12.4 Å². The topological polar surface area (TPSA) is 26.3 Å². The van der Waals surface area contributed by atoms with Crippen molar-refractivity contribution in [3.63, 3.8) is 0 Å². The molecule has 2 heteroatoms. The summed E-state index contributed by atoms with van der Waals surface area (Å²) in [7, 11) is 0. The van der Waals surface area contributed by atoms with Gasteiger partial charge in [-0.05, 0) is 6.92 Å². The van der Waals surface area contributed by atoms with Crippen LogP contribution in [0, 0.1) is 11.8 Å². The molecule has 0 aliphatic heterocycles. The van der Waals surface area contributed by atoms with Crippen molar-refractivity contribution in [2.24, 2.45) is 0 Å². The van der Waals surface area contributed by atoms with E-state index in [1.807, 2.05) is 48.5 Å². The van der Waals surface area contributed by atoms with Gasteiger partial charge in [-0.2, -0.15) is 0 Å². The molecule has 2 rings (SSSR count). The van der Waals surface area contributed by atoms with Gasteiger partial charge in [0.05, 0.1) is 0 Å². The number of hydrogen-bond donors (Lipinski definition) is 0. The molecular formula is C19H16O2. The van der Waals surface area contributed by atoms with Crippen molar-refractivity contribution in [3.8, 4) is 11.8 Å². The minimum atomic E-state index is -0.0843. The van der Waals surface area contributed by atoms with Gasteiger partial charge < -0.3 is 4.74 Å². The Labute approximate surface area is 125 Å². The van der Waals surface area contributed by atoms with Crippen molar-refractivity contribution < 1.29 is 9.53 Å². The molecule has 0 aliphatic carbocycles. The predicted molar refractivity (Wildman–Crippen MR) is 84.6 cm³/mol. The Balaban J connectivity index is 2.27. The third-order valence-corrected chi connectivity index (χ3v) is 2.86. The molecule has 0 aromatic heterocycles. The maximum absolute atomic E-state index is 12.3. The second-order valence-corrected chi connectivity index (χ2v) is 4.32. The first-order chi connectivity index (χ1) is 10.3. The summed E-state index contributed by atoms with van der Waals surface area (Å²) in [6.45, 7) is 2.02. The monoisotopic (exact) mass is 276 g/mol. The molecular weight excluding hydrogens is 260 g/mol. The maximum Gasteiger partial charge on any atom is 0.189 e. The largest absolute Gasteiger partial charge is 0.480 e. The Morgan fingerprint density at radius 1 is 1.00 bits per heavy atom. The van der Waals surface area contributed by atoms with Gasteiger partial charge in [0.1, 0.15) is 12.4 Å². The van der Waals surface area contributed by atoms with E-state index in [0.29, 0.717) is 11.3 Å². The molecule has 104 valence electrons. The molecule has 0 N–H and O–H groups in total. The third-order valence-electron chi connectivity index (χ3n) is 2.86. The Kier molecular flexibility index (Phi) is 5.37. The van der Waals surface area contributed by atoms with E-state index >= 15 is 0 Å². The van der Waals surface area contributed by atoms with Crippen molar-refractivity contribution in [1.82, 2.24) is 0 Å². The lowest BCUT2D eigenvalue weighted by atomic mass is 10.1. The molecule has 0 saturated heterocycles. The van der Waals surface area contributed by atoms with E-state index in [2.05, 4.69) is 11.8 Å². The first kappa shape index (κ1) is 14.6. The zero-order valence-corrected chi connectivity index (χ0v) is 11.9. The fourth-order valence-electron chi connectivity index (χ4n) is 1.80. The number of carbonyl (C=O) groups excluding carboxylic acids is 1. The summed E-state index contributed by atoms with van der Waals surface area (Å²) in [6.07, 6.45) is 1.52. The number of allylic oxidation sites excluding steroid dienone is 1. The summed E-state index contributed by atoms with van der Waals surface area (Å²) in [4.78, 5) is 12.3. The highest BCUT2D eigenvalue weighted by molar-refractivity contribution is 6.07. The highest BCUT2D eigenvalue weighted by Crippen LogP contribution is 2.16. The van der Waals surface area contributed by atoms with Gasteiger partial charge in [0, 0.05) is 17.2 Å². The average Bonchev–Trinajstić information content (AvgIpc) is 2.55. The first-order valence-electron chi connectivity index (χ1n) is 6.70. The number of ketones is 1. The van der Waals surface area contributed by atoms with Crippen LogP contribution in [0.3, 0.4) is 0 Å². The second kappa shape index (κ2) is 7.72. The number of benzene rings is 2. The van der Waals surface area contributed by atoms with Gasteiger partial charge in [-0.15, -0.1) is 5.92 Å². The van der Waals surface area contributed by atoms with Crippen LogP contribution >= 0.6 is 0 Å². The van der Waals surface area contributed by atoms with Gasteiger partial charge in [-0.3, -0.25) is 4.79 Å². The van der Waals surface area contributed by atoms with Crippen LogP contribution < -0.4 is 0 Å². The summed E-state index contributed by atoms with van der Waals surface area (Å²) in [5.41, 5.74) is 1.50. The molecule has 0 radical (unpaired) electrons. The minimum Gasteiger partial charge on any atom is -0.480 e. The molecule has 0 heterocycles. The highest BCUT2D eigenvalue weighted by Gasteiger charge is 2.07. The quantitative estimate of drug-likeness (QED) is 0.358. The zero-order chi connectivity index (χ0) is 14.9. The molecule has 0 unspecified atom stereocenters. The molecule has 21 heavy (non-hydrogen) atoms. The third kappa shape index (κ3) is 4.36. The molecule has 0 spiro atoms. The summed E-state index contributed by atoms with van der Waals surface area (Å²) < 4.78 is 5.63. The lowest BCUT2D eigenvalue weighted by Gasteiger charge is -2.08. The van der Waals surface area contributed by atoms with Crippen molar-refractivity contribution in [2.45, 2.75) is 6.92 Å². The zero-order valence-electron chi connectivity index (χ0n) is 11.9. The summed E-state index contributed by atoms with van der Waals surface area (Å²) in [5.74, 6) is 6.06. The lowest BCUT2D eigenvalue weighted by molar-refractivity contribution is 0.104. The van der Waals surface area contributed by atoms with Gasteiger partial charge in [-0.25, -0.2) is 0 Å². The van der Waals surface area contributed by atoms with E-state index in [1.165, 1.54) is 6.08 Å². The van der Waals surface area contributed by atoms with Crippen LogP contribution in [0.4, 0.5) is 0 Å². The fraction of sp³-hybridized carbons (Fsp3) is 0.105. The van der Waals surface area contributed by atoms with Crippen molar-refractivity contribution in [3.05, 3.63) is 77.9 Å². The van der Waals surface area contributed by atoms with Crippen LogP contribution in [-0.4, -0.2) is 12.4 Å². The van der Waals surface area contributed by atoms with Gasteiger partial charge in [0.15, 0.2) is 5.78 Å². The van der Waals surface area contributed by atoms with E-state index in [1.54, 1.807) is 19.1 Å². The molecule has 0 amide bonds. The fourth-order valence-corrected chi connectivity index (χ4v) is 1.80. The molecule has 0 aliphatic rings. The van der Waals surface area contributed by atoms with Crippen LogP contribution in [0.5, 0.6) is 0 Å². The standard InChI is InChI=1S/C19H16O2/c1-2-3-14-21-19(17-12-8-5-9-13-17)15-18(20)16-10-6-4-7-11-16/h4-13,15H,14H2,1H3/b19-15+. The van der Waals surface area contributed by atoms with Crippen LogP contribution in [0.25, 0.3) is 5.76 Å². The molecule has 0 fully saturated rings. The number of ether oxygens (including phenoxy) is 1. The highest BCUT2D eigenvalue weighted by atomic mass is 16.5. The normalized spacial score (nSPS) is 10.4. The molecule has 2 aromatic carbocycles. The Bertz CT molecular complexity index is 674. The van der Waals surface area contributed by atoms with Crippen molar-refractivity contribution >= 4 is 11.5 Å². The molecule has 0 saturated carbocycles. The van der Waals surface area contributed by atoms with E-state index in [9.17, 15) is 4.79 Å². The molecule has 2 nitrogen and oxygen atoms in total. The number of hydrogen-bond acceptors (Lipinski definition) is 2. The maximum atomic E-state index is 12.3. The van der Waals surface area contributed by atoms with E-state index < -0.39 is 0 Å². The number of carbonyl (C=O) groups is 1. The van der Waals surface area contributed by atoms with Gasteiger partial charge in [0.25, 0.3) is 0 Å². The smallest absolute Gasteiger partial charge is 0.189 e. The van der Waals surface area contributed by atoms with Crippen LogP contribution in [0.2, 0.25) is 0 Å². The van der Waals surface area contributed by atoms with Gasteiger partial charge >= 0.3 is 0 Å². The summed E-state index contributed by atoms with van der Waals surface area (Å²) in [6, 6.07) is 18.7. The minimum absolute atomic E-state index is 0.0843. The van der Waals surface area contributed by atoms with Crippen molar-refractivity contribution in [2.75, 3.05) is 6.61 Å². The lowest BCUT2D eigenvalue weighted by Crippen LogP contribution is -1.99. The van der Waals surface area contributed by atoms with E-state index in [0.717, 1.165) is 5.56 Å². The first-order valence-corrected chi connectivity index (χ1v) is 6.70. The Hall–Kier alpha value is -2.79. The Morgan fingerprint density at radius 2 is 1.57 bits per heavy atom. The molecule has 0 atom stereocenters. The molecule has 0 bridgehead atoms. The second-order valence-electron chi connectivity index (χ2n) is 4.32. The predicted octanol–water partition coefficient (Wildman–Crippen LogP) is 3.95. The summed E-state index contributed by atoms with van der Waals surface area (Å²) >= 11 is 0. The average molecular weight is 276 g/mol. The van der Waals surface area contributed by atoms with Crippen LogP contribution in [-0.2, 0) is 4.74 Å². The van der Waals surface area contributed by atoms with Crippen LogP contribution in [0.1, 0.15) is 22.8 Å². The van der Waals surface area contributed by atoms with E-state index in [4.69, 9.17) is 4.74 Å². The van der Waals surface area contributed by atoms with Gasteiger partial charge in [-0.1, -0.05) is 66.6 Å². The SMILES string of the molecule is CC#CCO/C(=C/C(=O)c1ccccc1)c1ccccc1. The van der Waals surface area contributed by atoms with Gasteiger partial charge in [0.2, 0.25) is 0 Å². The molecule has 2 aromatic rings. The van der Waals surface area contributed by atoms with Crippen molar-refractivity contribution in [1.29, 1.82) is 0 Å². The number of rotatable bonds is 5. The van der Waals surface area contributed by atoms with Crippen LogP contribution in [0.15, 0.2) is 66.7 Å².